The zero-order valence-electron chi connectivity index (χ0n) is 14.8. The lowest BCUT2D eigenvalue weighted by Crippen LogP contribution is -2.25. The van der Waals surface area contributed by atoms with Gasteiger partial charge < -0.3 is 9.88 Å². The van der Waals surface area contributed by atoms with Gasteiger partial charge in [0.25, 0.3) is 5.56 Å². The average molecular weight is 394 g/mol. The van der Waals surface area contributed by atoms with Gasteiger partial charge in [0.05, 0.1) is 5.39 Å². The molecule has 0 radical (unpaired) electrons. The molecule has 0 unspecified atom stereocenters. The molecule has 7 heteroatoms. The highest BCUT2D eigenvalue weighted by Gasteiger charge is 2.18. The SMILES string of the molecule is CCc1sc2nc(SCCN(CC)CC)[nH]c(=O)c2c1-c1cccs1. The van der Waals surface area contributed by atoms with Crippen LogP contribution in [0.1, 0.15) is 25.6 Å². The summed E-state index contributed by atoms with van der Waals surface area (Å²) in [5.41, 5.74) is 1.06. The fourth-order valence-corrected chi connectivity index (χ4v) is 5.76. The number of aromatic nitrogens is 2. The summed E-state index contributed by atoms with van der Waals surface area (Å²) in [6.07, 6.45) is 0.915. The maximum absolute atomic E-state index is 12.7. The lowest BCUT2D eigenvalue weighted by atomic mass is 10.1. The fourth-order valence-electron chi connectivity index (χ4n) is 2.84. The predicted octanol–water partition coefficient (Wildman–Crippen LogP) is 4.71. The van der Waals surface area contributed by atoms with E-state index < -0.39 is 0 Å². The number of aryl methyl sites for hydroxylation is 1. The highest BCUT2D eigenvalue weighted by Crippen LogP contribution is 2.38. The number of H-pyrrole nitrogens is 1. The van der Waals surface area contributed by atoms with Gasteiger partial charge in [-0.1, -0.05) is 38.6 Å². The van der Waals surface area contributed by atoms with E-state index in [2.05, 4.69) is 42.1 Å². The highest BCUT2D eigenvalue weighted by atomic mass is 32.2. The van der Waals surface area contributed by atoms with Gasteiger partial charge in [-0.3, -0.25) is 4.79 Å². The van der Waals surface area contributed by atoms with E-state index in [1.807, 2.05) is 6.07 Å². The Morgan fingerprint density at radius 2 is 2.08 bits per heavy atom. The molecule has 3 rings (SSSR count). The Bertz CT molecular complexity index is 879. The van der Waals surface area contributed by atoms with Gasteiger partial charge in [0, 0.05) is 27.6 Å². The Kier molecular flexibility index (Phi) is 6.33. The van der Waals surface area contributed by atoms with E-state index in [4.69, 9.17) is 4.98 Å². The molecule has 0 amide bonds. The summed E-state index contributed by atoms with van der Waals surface area (Å²) in [7, 11) is 0. The fraction of sp³-hybridized carbons (Fsp3) is 0.444. The molecule has 3 aromatic heterocycles. The van der Waals surface area contributed by atoms with Crippen molar-refractivity contribution in [1.82, 2.24) is 14.9 Å². The standard InChI is InChI=1S/C18H23N3OS3/c1-4-12-14(13-8-7-10-23-13)15-16(22)19-18(20-17(15)25-12)24-11-9-21(5-2)6-3/h7-8,10H,4-6,9,11H2,1-3H3,(H,19,20,22). The molecule has 0 spiro atoms. The van der Waals surface area contributed by atoms with Crippen molar-refractivity contribution in [3.05, 3.63) is 32.7 Å². The zero-order chi connectivity index (χ0) is 17.8. The molecule has 0 aliphatic heterocycles. The first-order valence-corrected chi connectivity index (χ1v) is 11.3. The van der Waals surface area contributed by atoms with Crippen LogP contribution in [-0.4, -0.2) is 40.3 Å². The smallest absolute Gasteiger partial charge is 0.260 e. The second-order valence-electron chi connectivity index (χ2n) is 5.66. The van der Waals surface area contributed by atoms with E-state index in [0.29, 0.717) is 0 Å². The molecule has 3 aromatic rings. The molecule has 0 bridgehead atoms. The van der Waals surface area contributed by atoms with E-state index in [1.165, 1.54) is 4.88 Å². The molecule has 3 heterocycles. The third kappa shape index (κ3) is 4.00. The van der Waals surface area contributed by atoms with E-state index in [-0.39, 0.29) is 5.56 Å². The van der Waals surface area contributed by atoms with Crippen LogP contribution >= 0.6 is 34.4 Å². The molecular formula is C18H23N3OS3. The lowest BCUT2D eigenvalue weighted by molar-refractivity contribution is 0.324. The molecule has 4 nitrogen and oxygen atoms in total. The van der Waals surface area contributed by atoms with E-state index in [9.17, 15) is 4.79 Å². The molecule has 0 aliphatic carbocycles. The van der Waals surface area contributed by atoms with Crippen molar-refractivity contribution in [2.75, 3.05) is 25.4 Å². The number of aromatic amines is 1. The Balaban J connectivity index is 1.91. The van der Waals surface area contributed by atoms with Gasteiger partial charge in [0.1, 0.15) is 4.83 Å². The van der Waals surface area contributed by atoms with Crippen LogP contribution in [-0.2, 0) is 6.42 Å². The van der Waals surface area contributed by atoms with Crippen LogP contribution in [0.25, 0.3) is 20.7 Å². The third-order valence-electron chi connectivity index (χ3n) is 4.24. The van der Waals surface area contributed by atoms with Gasteiger partial charge in [0.2, 0.25) is 0 Å². The number of hydrogen-bond donors (Lipinski definition) is 1. The maximum atomic E-state index is 12.7. The summed E-state index contributed by atoms with van der Waals surface area (Å²) < 4.78 is 0. The maximum Gasteiger partial charge on any atom is 0.260 e. The molecule has 134 valence electrons. The topological polar surface area (TPSA) is 49.0 Å². The normalized spacial score (nSPS) is 11.7. The minimum atomic E-state index is -0.0188. The molecule has 0 saturated heterocycles. The summed E-state index contributed by atoms with van der Waals surface area (Å²) >= 11 is 4.96. The van der Waals surface area contributed by atoms with Crippen LogP contribution in [0.4, 0.5) is 0 Å². The van der Waals surface area contributed by atoms with E-state index in [0.717, 1.165) is 57.6 Å². The second-order valence-corrected chi connectivity index (χ2v) is 8.77. The Morgan fingerprint density at radius 3 is 2.72 bits per heavy atom. The van der Waals surface area contributed by atoms with Crippen LogP contribution in [0.5, 0.6) is 0 Å². The number of thiophene rings is 2. The van der Waals surface area contributed by atoms with Crippen molar-refractivity contribution in [2.24, 2.45) is 0 Å². The third-order valence-corrected chi connectivity index (χ3v) is 7.21. The van der Waals surface area contributed by atoms with Crippen LogP contribution in [0.2, 0.25) is 0 Å². The Hall–Kier alpha value is -1.15. The first kappa shape index (κ1) is 18.6. The van der Waals surface area contributed by atoms with Crippen LogP contribution in [0, 0.1) is 0 Å². The molecule has 0 saturated carbocycles. The summed E-state index contributed by atoms with van der Waals surface area (Å²) in [5, 5.41) is 3.53. The van der Waals surface area contributed by atoms with Gasteiger partial charge in [-0.2, -0.15) is 0 Å². The van der Waals surface area contributed by atoms with Crippen molar-refractivity contribution < 1.29 is 0 Å². The largest absolute Gasteiger partial charge is 0.303 e. The predicted molar refractivity (Wildman–Crippen MR) is 111 cm³/mol. The summed E-state index contributed by atoms with van der Waals surface area (Å²) in [6, 6.07) is 4.11. The molecule has 0 aromatic carbocycles. The number of rotatable bonds is 8. The minimum absolute atomic E-state index is 0.0188. The minimum Gasteiger partial charge on any atom is -0.303 e. The summed E-state index contributed by atoms with van der Waals surface area (Å²) in [6.45, 7) is 9.58. The van der Waals surface area contributed by atoms with E-state index >= 15 is 0 Å². The first-order chi connectivity index (χ1) is 12.2. The van der Waals surface area contributed by atoms with Gasteiger partial charge >= 0.3 is 0 Å². The average Bonchev–Trinajstić information content (AvgIpc) is 3.25. The highest BCUT2D eigenvalue weighted by molar-refractivity contribution is 7.99. The Morgan fingerprint density at radius 1 is 1.28 bits per heavy atom. The van der Waals surface area contributed by atoms with Gasteiger partial charge in [-0.25, -0.2) is 4.98 Å². The molecule has 0 atom stereocenters. The van der Waals surface area contributed by atoms with Crippen molar-refractivity contribution in [1.29, 1.82) is 0 Å². The van der Waals surface area contributed by atoms with Crippen LogP contribution < -0.4 is 5.56 Å². The van der Waals surface area contributed by atoms with Crippen LogP contribution in [0.15, 0.2) is 27.5 Å². The van der Waals surface area contributed by atoms with Gasteiger partial charge in [-0.05, 0) is 31.0 Å². The number of hydrogen-bond acceptors (Lipinski definition) is 6. The quantitative estimate of drug-likeness (QED) is 0.445. The van der Waals surface area contributed by atoms with Crippen LogP contribution in [0.3, 0.4) is 0 Å². The molecular weight excluding hydrogens is 370 g/mol. The van der Waals surface area contributed by atoms with Crippen molar-refractivity contribution in [3.8, 4) is 10.4 Å². The lowest BCUT2D eigenvalue weighted by Gasteiger charge is -2.16. The molecule has 25 heavy (non-hydrogen) atoms. The van der Waals surface area contributed by atoms with Crippen molar-refractivity contribution >= 4 is 44.7 Å². The summed E-state index contributed by atoms with van der Waals surface area (Å²) in [4.78, 5) is 26.1. The number of nitrogens with one attached hydrogen (secondary N) is 1. The second kappa shape index (κ2) is 8.49. The van der Waals surface area contributed by atoms with Crippen molar-refractivity contribution in [3.63, 3.8) is 0 Å². The van der Waals surface area contributed by atoms with Crippen molar-refractivity contribution in [2.45, 2.75) is 32.3 Å². The number of nitrogens with zero attached hydrogens (tertiary/aromatic N) is 2. The van der Waals surface area contributed by atoms with Gasteiger partial charge in [-0.15, -0.1) is 22.7 Å². The summed E-state index contributed by atoms with van der Waals surface area (Å²) in [5.74, 6) is 0.930. The monoisotopic (exact) mass is 393 g/mol. The Labute approximate surface area is 160 Å². The number of fused-ring (bicyclic) bond motifs is 1. The molecule has 1 N–H and O–H groups in total. The molecule has 0 aliphatic rings. The van der Waals surface area contributed by atoms with Gasteiger partial charge in [0.15, 0.2) is 5.16 Å². The molecule has 0 fully saturated rings. The zero-order valence-corrected chi connectivity index (χ0v) is 17.2. The number of thioether (sulfide) groups is 1. The van der Waals surface area contributed by atoms with E-state index in [1.54, 1.807) is 34.4 Å². The first-order valence-electron chi connectivity index (χ1n) is 8.62.